The van der Waals surface area contributed by atoms with Gasteiger partial charge in [-0.05, 0) is 64.6 Å². The molecular formula is C26H28FN3O4S2. The third kappa shape index (κ3) is 4.87. The van der Waals surface area contributed by atoms with Crippen molar-refractivity contribution in [1.82, 2.24) is 9.55 Å². The van der Waals surface area contributed by atoms with Gasteiger partial charge >= 0.3 is 0 Å². The quantitative estimate of drug-likeness (QED) is 0.341. The number of benzene rings is 3. The van der Waals surface area contributed by atoms with E-state index < -0.39 is 25.7 Å². The van der Waals surface area contributed by atoms with Crippen LogP contribution in [-0.2, 0) is 32.7 Å². The molecule has 3 aromatic carbocycles. The van der Waals surface area contributed by atoms with Crippen LogP contribution in [0, 0.1) is 5.82 Å². The van der Waals surface area contributed by atoms with Crippen molar-refractivity contribution < 1.29 is 21.2 Å². The van der Waals surface area contributed by atoms with Gasteiger partial charge in [0.25, 0.3) is 0 Å². The number of aryl methyl sites for hydroxylation is 1. The Morgan fingerprint density at radius 3 is 2.22 bits per heavy atom. The molecule has 0 aliphatic carbocycles. The smallest absolute Gasteiger partial charge is 0.231 e. The van der Waals surface area contributed by atoms with Gasteiger partial charge in [0.15, 0.2) is 0 Å². The van der Waals surface area contributed by atoms with Crippen molar-refractivity contribution in [1.29, 1.82) is 0 Å². The van der Waals surface area contributed by atoms with Crippen LogP contribution in [0.25, 0.3) is 22.2 Å². The topological polar surface area (TPSA) is 89.3 Å². The van der Waals surface area contributed by atoms with Gasteiger partial charge in [0.1, 0.15) is 5.82 Å². The zero-order valence-corrected chi connectivity index (χ0v) is 22.4. The van der Waals surface area contributed by atoms with E-state index in [4.69, 9.17) is 0 Å². The Hall–Kier alpha value is -3.24. The summed E-state index contributed by atoms with van der Waals surface area (Å²) in [5.41, 5.74) is 3.98. The Balaban J connectivity index is 1.96. The van der Waals surface area contributed by atoms with Crippen molar-refractivity contribution >= 4 is 36.6 Å². The monoisotopic (exact) mass is 529 g/mol. The lowest BCUT2D eigenvalue weighted by molar-refractivity contribution is 0.579. The lowest BCUT2D eigenvalue weighted by Crippen LogP contribution is -2.25. The number of aromatic nitrogens is 2. The highest BCUT2D eigenvalue weighted by atomic mass is 32.2. The first-order valence-electron chi connectivity index (χ1n) is 11.3. The van der Waals surface area contributed by atoms with Gasteiger partial charge < -0.3 is 4.57 Å². The molecule has 0 saturated carbocycles. The van der Waals surface area contributed by atoms with Crippen LogP contribution in [-0.4, -0.2) is 39.7 Å². The number of rotatable bonds is 7. The Kier molecular flexibility index (Phi) is 6.70. The van der Waals surface area contributed by atoms with Gasteiger partial charge in [-0.1, -0.05) is 38.1 Å². The predicted molar refractivity (Wildman–Crippen MR) is 141 cm³/mol. The van der Waals surface area contributed by atoms with Gasteiger partial charge in [-0.15, -0.1) is 0 Å². The number of anilines is 1. The molecule has 36 heavy (non-hydrogen) atoms. The summed E-state index contributed by atoms with van der Waals surface area (Å²) in [5.74, 6) is -0.906. The highest BCUT2D eigenvalue weighted by Crippen LogP contribution is 2.37. The number of para-hydroxylation sites is 2. The average molecular weight is 530 g/mol. The molecule has 0 N–H and O–H groups in total. The van der Waals surface area contributed by atoms with E-state index in [1.54, 1.807) is 54.1 Å². The van der Waals surface area contributed by atoms with Crippen molar-refractivity contribution in [3.05, 3.63) is 77.6 Å². The molecule has 0 saturated heterocycles. The van der Waals surface area contributed by atoms with E-state index in [2.05, 4.69) is 4.98 Å². The Morgan fingerprint density at radius 2 is 1.64 bits per heavy atom. The Labute approximate surface area is 211 Å². The zero-order valence-electron chi connectivity index (χ0n) is 20.7. The van der Waals surface area contributed by atoms with Gasteiger partial charge in [0.05, 0.1) is 28.7 Å². The third-order valence-corrected chi connectivity index (χ3v) is 9.06. The summed E-state index contributed by atoms with van der Waals surface area (Å²) in [6.45, 7) is 3.83. The number of sulfonamides is 1. The molecule has 0 bridgehead atoms. The van der Waals surface area contributed by atoms with Crippen molar-refractivity contribution in [3.8, 4) is 11.1 Å². The van der Waals surface area contributed by atoms with Crippen LogP contribution in [0.5, 0.6) is 0 Å². The molecular weight excluding hydrogens is 501 g/mol. The van der Waals surface area contributed by atoms with Crippen LogP contribution < -0.4 is 4.31 Å². The molecule has 0 atom stereocenters. The molecule has 4 aromatic rings. The number of halogens is 1. The fraction of sp³-hybridized carbons (Fsp3) is 0.269. The summed E-state index contributed by atoms with van der Waals surface area (Å²) in [5, 5.41) is -0.0548. The first-order chi connectivity index (χ1) is 16.8. The van der Waals surface area contributed by atoms with E-state index in [1.807, 2.05) is 19.9 Å². The van der Waals surface area contributed by atoms with E-state index in [1.165, 1.54) is 19.2 Å². The van der Waals surface area contributed by atoms with Crippen molar-refractivity contribution in [3.63, 3.8) is 0 Å². The highest BCUT2D eigenvalue weighted by Gasteiger charge is 2.28. The summed E-state index contributed by atoms with van der Waals surface area (Å²) >= 11 is 0. The minimum Gasteiger partial charge on any atom is -0.318 e. The minimum atomic E-state index is -3.92. The highest BCUT2D eigenvalue weighted by molar-refractivity contribution is 7.92. The molecule has 190 valence electrons. The van der Waals surface area contributed by atoms with Crippen LogP contribution in [0.4, 0.5) is 10.1 Å². The van der Waals surface area contributed by atoms with Crippen LogP contribution >= 0.6 is 0 Å². The standard InChI is InChI=1S/C26H28FN3O4S2/c1-17(2)21-14-20(30(4)35(5,31)32)15-22(18-10-12-19(27)13-11-18)23(21)16-36(33,34)26-28-24-8-6-7-9-25(24)29(26)3/h6-15,17H,16H2,1-5H3. The Bertz CT molecular complexity index is 1660. The van der Waals surface area contributed by atoms with E-state index in [9.17, 15) is 21.2 Å². The molecule has 0 amide bonds. The summed E-state index contributed by atoms with van der Waals surface area (Å²) in [4.78, 5) is 4.38. The number of hydrogen-bond acceptors (Lipinski definition) is 5. The number of hydrogen-bond donors (Lipinski definition) is 0. The molecule has 0 aliphatic heterocycles. The molecule has 1 aromatic heterocycles. The first kappa shape index (κ1) is 25.8. The maximum absolute atomic E-state index is 13.7. The third-order valence-electron chi connectivity index (χ3n) is 6.27. The number of sulfone groups is 1. The SMILES string of the molecule is CC(C)c1cc(N(C)S(C)(=O)=O)cc(-c2ccc(F)cc2)c1CS(=O)(=O)c1nc2ccccc2n1C. The molecule has 7 nitrogen and oxygen atoms in total. The fourth-order valence-electron chi connectivity index (χ4n) is 4.27. The summed E-state index contributed by atoms with van der Waals surface area (Å²) in [6, 6.07) is 16.2. The summed E-state index contributed by atoms with van der Waals surface area (Å²) < 4.78 is 68.5. The molecule has 0 radical (unpaired) electrons. The lowest BCUT2D eigenvalue weighted by atomic mass is 9.90. The average Bonchev–Trinajstić information content (AvgIpc) is 3.16. The van der Waals surface area contributed by atoms with Crippen LogP contribution in [0.1, 0.15) is 30.9 Å². The van der Waals surface area contributed by atoms with E-state index in [-0.39, 0.29) is 16.8 Å². The molecule has 4 rings (SSSR count). The second-order valence-electron chi connectivity index (χ2n) is 9.15. The molecule has 10 heteroatoms. The van der Waals surface area contributed by atoms with E-state index >= 15 is 0 Å². The minimum absolute atomic E-state index is 0.0548. The van der Waals surface area contributed by atoms with Gasteiger partial charge in [-0.25, -0.2) is 26.2 Å². The predicted octanol–water partition coefficient (Wildman–Crippen LogP) is 4.87. The summed E-state index contributed by atoms with van der Waals surface area (Å²) in [7, 11) is -4.38. The van der Waals surface area contributed by atoms with E-state index in [0.717, 1.165) is 10.6 Å². The zero-order chi connectivity index (χ0) is 26.4. The van der Waals surface area contributed by atoms with Crippen LogP contribution in [0.3, 0.4) is 0 Å². The molecule has 1 heterocycles. The number of imidazole rings is 1. The summed E-state index contributed by atoms with van der Waals surface area (Å²) in [6.07, 6.45) is 1.10. The fourth-order valence-corrected chi connectivity index (χ4v) is 6.34. The molecule has 0 fully saturated rings. The second kappa shape index (κ2) is 9.33. The Morgan fingerprint density at radius 1 is 1.00 bits per heavy atom. The molecule has 0 aliphatic rings. The second-order valence-corrected chi connectivity index (χ2v) is 13.1. The normalized spacial score (nSPS) is 12.4. The van der Waals surface area contributed by atoms with Crippen molar-refractivity contribution in [2.75, 3.05) is 17.6 Å². The maximum atomic E-state index is 13.7. The van der Waals surface area contributed by atoms with Gasteiger partial charge in [-0.3, -0.25) is 4.31 Å². The maximum Gasteiger partial charge on any atom is 0.231 e. The van der Waals surface area contributed by atoms with E-state index in [0.29, 0.717) is 39.0 Å². The van der Waals surface area contributed by atoms with Crippen molar-refractivity contribution in [2.24, 2.45) is 7.05 Å². The van der Waals surface area contributed by atoms with Gasteiger partial charge in [0, 0.05) is 14.1 Å². The number of fused-ring (bicyclic) bond motifs is 1. The molecule has 0 unspecified atom stereocenters. The number of nitrogens with zero attached hydrogens (tertiary/aromatic N) is 3. The van der Waals surface area contributed by atoms with Crippen molar-refractivity contribution in [2.45, 2.75) is 30.7 Å². The van der Waals surface area contributed by atoms with Gasteiger partial charge in [0.2, 0.25) is 25.0 Å². The van der Waals surface area contributed by atoms with Crippen LogP contribution in [0.2, 0.25) is 0 Å². The van der Waals surface area contributed by atoms with Crippen LogP contribution in [0.15, 0.2) is 65.8 Å². The van der Waals surface area contributed by atoms with Gasteiger partial charge in [-0.2, -0.15) is 0 Å². The largest absolute Gasteiger partial charge is 0.318 e. The molecule has 0 spiro atoms. The lowest BCUT2D eigenvalue weighted by Gasteiger charge is -2.24. The first-order valence-corrected chi connectivity index (χ1v) is 14.8.